The van der Waals surface area contributed by atoms with Gasteiger partial charge in [0.1, 0.15) is 0 Å². The van der Waals surface area contributed by atoms with Gasteiger partial charge in [-0.05, 0) is 250 Å². The van der Waals surface area contributed by atoms with E-state index >= 15 is 0 Å². The topological polar surface area (TPSA) is 6.48 Å². The number of benzene rings is 11. The molecule has 0 bridgehead atoms. The molecule has 0 amide bonds. The minimum absolute atomic E-state index is 1.03. The Hall–Kier alpha value is -7.06. The van der Waals surface area contributed by atoms with Gasteiger partial charge in [0.25, 0.3) is 0 Å². The molecule has 0 spiro atoms. The van der Waals surface area contributed by atoms with Crippen molar-refractivity contribution >= 4 is 97.8 Å². The van der Waals surface area contributed by atoms with Gasteiger partial charge in [-0.2, -0.15) is 0 Å². The number of rotatable bonds is 22. The van der Waals surface area contributed by atoms with E-state index in [0.717, 1.165) is 77.7 Å². The number of nitrogens with zero attached hydrogens (tertiary/aromatic N) is 2. The highest BCUT2D eigenvalue weighted by Gasteiger charge is 2.21. The van der Waals surface area contributed by atoms with Crippen LogP contribution in [0.5, 0.6) is 0 Å². The summed E-state index contributed by atoms with van der Waals surface area (Å²) < 4.78 is 4.31. The van der Waals surface area contributed by atoms with Gasteiger partial charge < -0.3 is 9.80 Å². The lowest BCUT2D eigenvalue weighted by atomic mass is 9.84. The van der Waals surface area contributed by atoms with E-state index in [1.54, 1.807) is 0 Å². The summed E-state index contributed by atoms with van der Waals surface area (Å²) in [5.74, 6) is 0. The average molecular weight is 1380 g/mol. The highest BCUT2D eigenvalue weighted by Crippen LogP contribution is 2.44. The van der Waals surface area contributed by atoms with Crippen LogP contribution < -0.4 is 9.80 Å². The van der Waals surface area contributed by atoms with Gasteiger partial charge in [-0.3, -0.25) is 0 Å². The fourth-order valence-corrected chi connectivity index (χ4v) is 13.0. The molecule has 11 rings (SSSR count). The third-order valence-corrected chi connectivity index (χ3v) is 18.8. The fraction of sp³-hybridized carbons (Fsp3) is 0.175. The molecule has 0 saturated carbocycles. The van der Waals surface area contributed by atoms with Gasteiger partial charge in [0, 0.05) is 52.0 Å². The Morgan fingerprint density at radius 3 is 0.709 bits per heavy atom. The second kappa shape index (κ2) is 28.6. The standard InChI is InChI=1S/C80H72Br4N2/c1-5-7-9-11-13-65-53-80(78-50-48-76(52-56(78)4)86(73-43-27-63(28-44-73)59-19-35-69(83)36-20-59)74-45-29-64(30-46-74)60-21-37-70(84)38-22-60)66(14-12-10-8-6-2)54-79(65)77-49-47-75(51-55(77)3)85(71-39-23-61(24-40-71)57-15-31-67(81)32-16-57)72-41-25-62(26-42-72)58-17-33-68(82)34-18-58/h15-54H,5-14H2,1-4H3. The summed E-state index contributed by atoms with van der Waals surface area (Å²) in [6, 6.07) is 89.8. The van der Waals surface area contributed by atoms with Gasteiger partial charge in [0.05, 0.1) is 0 Å². The van der Waals surface area contributed by atoms with Crippen molar-refractivity contribution in [2.24, 2.45) is 0 Å². The lowest BCUT2D eigenvalue weighted by molar-refractivity contribution is 0.664. The van der Waals surface area contributed by atoms with Gasteiger partial charge in [-0.1, -0.05) is 237 Å². The summed E-state index contributed by atoms with van der Waals surface area (Å²) in [6.45, 7) is 9.25. The van der Waals surface area contributed by atoms with Crippen LogP contribution in [-0.4, -0.2) is 0 Å². The molecule has 0 aliphatic heterocycles. The second-order valence-corrected chi connectivity index (χ2v) is 26.3. The van der Waals surface area contributed by atoms with Crippen LogP contribution in [0.2, 0.25) is 0 Å². The van der Waals surface area contributed by atoms with E-state index in [9.17, 15) is 0 Å². The normalized spacial score (nSPS) is 11.3. The maximum absolute atomic E-state index is 3.62. The van der Waals surface area contributed by atoms with Crippen molar-refractivity contribution in [3.8, 4) is 66.8 Å². The van der Waals surface area contributed by atoms with Crippen LogP contribution >= 0.6 is 63.7 Å². The maximum atomic E-state index is 3.62. The van der Waals surface area contributed by atoms with Crippen molar-refractivity contribution in [2.45, 2.75) is 91.9 Å². The van der Waals surface area contributed by atoms with Crippen molar-refractivity contribution in [1.82, 2.24) is 0 Å². The number of anilines is 6. The zero-order chi connectivity index (χ0) is 59.5. The summed E-state index contributed by atoms with van der Waals surface area (Å²) in [4.78, 5) is 4.82. The van der Waals surface area contributed by atoms with Gasteiger partial charge in [0.15, 0.2) is 0 Å². The molecule has 0 atom stereocenters. The predicted molar refractivity (Wildman–Crippen MR) is 384 cm³/mol. The van der Waals surface area contributed by atoms with Gasteiger partial charge in [-0.25, -0.2) is 0 Å². The molecule has 430 valence electrons. The third-order valence-electron chi connectivity index (χ3n) is 16.7. The SMILES string of the molecule is CCCCCCc1cc(-c2ccc(N(c3ccc(-c4ccc(Br)cc4)cc3)c3ccc(-c4ccc(Br)cc4)cc3)cc2C)c(CCCCCC)cc1-c1ccc(N(c2ccc(-c3ccc(Br)cc3)cc2)c2ccc(-c3ccc(Br)cc3)cc2)cc1C. The second-order valence-electron chi connectivity index (χ2n) is 22.7. The molecule has 11 aromatic rings. The van der Waals surface area contributed by atoms with E-state index in [4.69, 9.17) is 0 Å². The van der Waals surface area contributed by atoms with Crippen LogP contribution in [0.25, 0.3) is 66.8 Å². The first-order chi connectivity index (χ1) is 42.0. The van der Waals surface area contributed by atoms with Crippen LogP contribution in [-0.2, 0) is 12.8 Å². The molecule has 0 saturated heterocycles. The summed E-state index contributed by atoms with van der Waals surface area (Å²) >= 11 is 14.5. The van der Waals surface area contributed by atoms with Crippen molar-refractivity contribution in [2.75, 3.05) is 9.80 Å². The molecule has 0 radical (unpaired) electrons. The Kier molecular flexibility index (Phi) is 20.2. The van der Waals surface area contributed by atoms with E-state index in [1.807, 2.05) is 0 Å². The van der Waals surface area contributed by atoms with E-state index in [0.29, 0.717) is 0 Å². The molecular formula is C80H72Br4N2. The van der Waals surface area contributed by atoms with E-state index < -0.39 is 0 Å². The van der Waals surface area contributed by atoms with Gasteiger partial charge in [0.2, 0.25) is 0 Å². The smallest absolute Gasteiger partial charge is 0.0464 e. The quantitative estimate of drug-likeness (QED) is 0.0624. The van der Waals surface area contributed by atoms with Crippen LogP contribution in [0.15, 0.2) is 261 Å². The molecule has 86 heavy (non-hydrogen) atoms. The van der Waals surface area contributed by atoms with Crippen molar-refractivity contribution in [3.05, 3.63) is 283 Å². The third kappa shape index (κ3) is 14.5. The van der Waals surface area contributed by atoms with Crippen LogP contribution in [0, 0.1) is 13.8 Å². The highest BCUT2D eigenvalue weighted by molar-refractivity contribution is 9.11. The molecule has 0 heterocycles. The van der Waals surface area contributed by atoms with Crippen LogP contribution in [0.3, 0.4) is 0 Å². The van der Waals surface area contributed by atoms with Crippen LogP contribution in [0.1, 0.15) is 87.5 Å². The van der Waals surface area contributed by atoms with Crippen molar-refractivity contribution < 1.29 is 0 Å². The largest absolute Gasteiger partial charge is 0.310 e. The first kappa shape index (κ1) is 60.6. The Morgan fingerprint density at radius 2 is 0.477 bits per heavy atom. The zero-order valence-corrected chi connectivity index (χ0v) is 55.9. The first-order valence-electron chi connectivity index (χ1n) is 30.4. The van der Waals surface area contributed by atoms with Gasteiger partial charge >= 0.3 is 0 Å². The summed E-state index contributed by atoms with van der Waals surface area (Å²) in [6.07, 6.45) is 11.7. The Morgan fingerprint density at radius 1 is 0.244 bits per heavy atom. The number of halogens is 4. The molecule has 0 N–H and O–H groups in total. The molecule has 2 nitrogen and oxygen atoms in total. The minimum Gasteiger partial charge on any atom is -0.310 e. The fourth-order valence-electron chi connectivity index (χ4n) is 11.9. The lowest BCUT2D eigenvalue weighted by Crippen LogP contribution is -2.10. The summed E-state index contributed by atoms with van der Waals surface area (Å²) in [7, 11) is 0. The summed E-state index contributed by atoms with van der Waals surface area (Å²) in [5, 5.41) is 0. The Labute approximate surface area is 544 Å². The molecule has 0 unspecified atom stereocenters. The molecule has 11 aromatic carbocycles. The molecule has 0 aliphatic carbocycles. The number of hydrogen-bond acceptors (Lipinski definition) is 2. The van der Waals surface area contributed by atoms with E-state index in [-0.39, 0.29) is 0 Å². The number of aryl methyl sites for hydroxylation is 4. The van der Waals surface area contributed by atoms with E-state index in [1.165, 1.54) is 128 Å². The first-order valence-corrected chi connectivity index (χ1v) is 33.6. The zero-order valence-electron chi connectivity index (χ0n) is 49.6. The molecule has 0 fully saturated rings. The Bertz CT molecular complexity index is 3580. The monoisotopic (exact) mass is 1380 g/mol. The predicted octanol–water partition coefficient (Wildman–Crippen LogP) is 26.5. The lowest BCUT2D eigenvalue weighted by Gasteiger charge is -2.28. The van der Waals surface area contributed by atoms with Crippen molar-refractivity contribution in [3.63, 3.8) is 0 Å². The molecular weight excluding hydrogens is 1310 g/mol. The maximum Gasteiger partial charge on any atom is 0.0464 e. The minimum atomic E-state index is 1.03. The Balaban J connectivity index is 0.983. The molecule has 0 aliphatic rings. The molecule has 0 aromatic heterocycles. The number of hydrogen-bond donors (Lipinski definition) is 0. The van der Waals surface area contributed by atoms with E-state index in [2.05, 4.69) is 344 Å². The van der Waals surface area contributed by atoms with Crippen molar-refractivity contribution in [1.29, 1.82) is 0 Å². The number of unbranched alkanes of at least 4 members (excludes halogenated alkanes) is 6. The van der Waals surface area contributed by atoms with Gasteiger partial charge in [-0.15, -0.1) is 0 Å². The summed E-state index contributed by atoms with van der Waals surface area (Å²) in [5.41, 5.74) is 26.9. The average Bonchev–Trinajstić information content (AvgIpc) is 3.62. The van der Waals surface area contributed by atoms with Crippen LogP contribution in [0.4, 0.5) is 34.1 Å². The highest BCUT2D eigenvalue weighted by atomic mass is 79.9. The molecule has 6 heteroatoms.